The van der Waals surface area contributed by atoms with Gasteiger partial charge < -0.3 is 10.6 Å². The van der Waals surface area contributed by atoms with E-state index in [-0.39, 0.29) is 17.6 Å². The smallest absolute Gasteiger partial charge is 0.227 e. The first kappa shape index (κ1) is 13.6. The monoisotopic (exact) mass is 238 g/mol. The number of hydrogen-bond donors (Lipinski definition) is 1. The zero-order chi connectivity index (χ0) is 12.8. The van der Waals surface area contributed by atoms with E-state index in [2.05, 4.69) is 0 Å². The second-order valence-electron chi connectivity index (χ2n) is 4.13. The maximum absolute atomic E-state index is 13.6. The van der Waals surface area contributed by atoms with Crippen LogP contribution in [0.2, 0.25) is 0 Å². The highest BCUT2D eigenvalue weighted by Crippen LogP contribution is 2.20. The lowest BCUT2D eigenvalue weighted by Crippen LogP contribution is -2.33. The molecule has 0 aromatic heterocycles. The van der Waals surface area contributed by atoms with E-state index < -0.39 is 0 Å². The fraction of sp³-hybridized carbons (Fsp3) is 0.462. The lowest BCUT2D eigenvalue weighted by atomic mass is 10.1. The Morgan fingerprint density at radius 3 is 2.65 bits per heavy atom. The summed E-state index contributed by atoms with van der Waals surface area (Å²) in [5, 5.41) is 0. The van der Waals surface area contributed by atoms with E-state index in [0.29, 0.717) is 25.2 Å². The molecule has 0 aliphatic heterocycles. The number of amides is 1. The van der Waals surface area contributed by atoms with Crippen molar-refractivity contribution in [3.05, 3.63) is 30.1 Å². The molecule has 94 valence electrons. The molecule has 0 aliphatic carbocycles. The molecule has 0 spiro atoms. The first-order valence-electron chi connectivity index (χ1n) is 5.85. The van der Waals surface area contributed by atoms with Crippen LogP contribution in [-0.2, 0) is 4.79 Å². The minimum Gasteiger partial charge on any atom is -0.330 e. The van der Waals surface area contributed by atoms with Crippen LogP contribution in [0, 0.1) is 11.7 Å². The largest absolute Gasteiger partial charge is 0.330 e. The molecule has 0 aliphatic rings. The minimum atomic E-state index is -0.372. The summed E-state index contributed by atoms with van der Waals surface area (Å²) in [7, 11) is 0. The lowest BCUT2D eigenvalue weighted by molar-refractivity contribution is -0.119. The number of anilines is 1. The number of nitrogens with two attached hydrogens (primary N) is 1. The lowest BCUT2D eigenvalue weighted by Gasteiger charge is -2.22. The second kappa shape index (κ2) is 6.35. The van der Waals surface area contributed by atoms with Crippen molar-refractivity contribution in [1.82, 2.24) is 0 Å². The zero-order valence-electron chi connectivity index (χ0n) is 10.3. The van der Waals surface area contributed by atoms with Crippen LogP contribution in [0.4, 0.5) is 10.1 Å². The van der Waals surface area contributed by atoms with Gasteiger partial charge in [0.2, 0.25) is 5.91 Å². The Balaban J connectivity index is 2.85. The summed E-state index contributed by atoms with van der Waals surface area (Å²) < 4.78 is 13.6. The fourth-order valence-electron chi connectivity index (χ4n) is 1.64. The van der Waals surface area contributed by atoms with Crippen LogP contribution in [0.25, 0.3) is 0 Å². The molecule has 3 nitrogen and oxygen atoms in total. The van der Waals surface area contributed by atoms with Gasteiger partial charge in [-0.2, -0.15) is 0 Å². The molecular formula is C13H19FN2O. The Morgan fingerprint density at radius 1 is 1.47 bits per heavy atom. The molecule has 2 N–H and O–H groups in total. The Bertz CT molecular complexity index is 381. The highest BCUT2D eigenvalue weighted by molar-refractivity contribution is 5.93. The van der Waals surface area contributed by atoms with Gasteiger partial charge in [-0.3, -0.25) is 4.79 Å². The average Bonchev–Trinajstić information content (AvgIpc) is 2.32. The van der Waals surface area contributed by atoms with Gasteiger partial charge >= 0.3 is 0 Å². The third kappa shape index (κ3) is 3.53. The normalized spacial score (nSPS) is 12.2. The van der Waals surface area contributed by atoms with E-state index in [1.807, 2.05) is 13.8 Å². The quantitative estimate of drug-likeness (QED) is 0.854. The topological polar surface area (TPSA) is 46.3 Å². The molecule has 1 atom stereocenters. The van der Waals surface area contributed by atoms with E-state index in [1.165, 1.54) is 11.0 Å². The number of nitrogens with zero attached hydrogens (tertiary/aromatic N) is 1. The molecule has 1 aromatic rings. The standard InChI is InChI=1S/C13H19FN2O/c1-3-16(13(17)8-10(2)9-15)12-7-5-4-6-11(12)14/h4-7,10H,3,8-9,15H2,1-2H3. The fourth-order valence-corrected chi connectivity index (χ4v) is 1.64. The van der Waals surface area contributed by atoms with Gasteiger partial charge in [0.05, 0.1) is 5.69 Å². The first-order valence-corrected chi connectivity index (χ1v) is 5.85. The number of para-hydroxylation sites is 1. The van der Waals surface area contributed by atoms with Crippen molar-refractivity contribution in [2.75, 3.05) is 18.0 Å². The Hall–Kier alpha value is -1.42. The van der Waals surface area contributed by atoms with E-state index in [9.17, 15) is 9.18 Å². The number of rotatable bonds is 5. The predicted molar refractivity (Wildman–Crippen MR) is 67.3 cm³/mol. The second-order valence-corrected chi connectivity index (χ2v) is 4.13. The molecule has 0 saturated heterocycles. The molecule has 1 rings (SSSR count). The maximum atomic E-state index is 13.6. The van der Waals surface area contributed by atoms with Gasteiger partial charge in [-0.25, -0.2) is 4.39 Å². The molecule has 17 heavy (non-hydrogen) atoms. The highest BCUT2D eigenvalue weighted by Gasteiger charge is 2.18. The van der Waals surface area contributed by atoms with E-state index in [1.54, 1.807) is 18.2 Å². The summed E-state index contributed by atoms with van der Waals surface area (Å²) in [5.41, 5.74) is 5.82. The van der Waals surface area contributed by atoms with Crippen molar-refractivity contribution in [2.45, 2.75) is 20.3 Å². The first-order chi connectivity index (χ1) is 8.10. The van der Waals surface area contributed by atoms with Crippen molar-refractivity contribution < 1.29 is 9.18 Å². The summed E-state index contributed by atoms with van der Waals surface area (Å²) in [6.07, 6.45) is 0.346. The molecular weight excluding hydrogens is 219 g/mol. The van der Waals surface area contributed by atoms with E-state index in [0.717, 1.165) is 0 Å². The SMILES string of the molecule is CCN(C(=O)CC(C)CN)c1ccccc1F. The number of benzene rings is 1. The van der Waals surface area contributed by atoms with E-state index in [4.69, 9.17) is 5.73 Å². The highest BCUT2D eigenvalue weighted by atomic mass is 19.1. The van der Waals surface area contributed by atoms with Crippen LogP contribution in [0.3, 0.4) is 0 Å². The molecule has 1 amide bonds. The molecule has 0 saturated carbocycles. The third-order valence-electron chi connectivity index (χ3n) is 2.69. The average molecular weight is 238 g/mol. The van der Waals surface area contributed by atoms with Crippen LogP contribution in [-0.4, -0.2) is 19.0 Å². The number of carbonyl (C=O) groups excluding carboxylic acids is 1. The summed E-state index contributed by atoms with van der Waals surface area (Å²) >= 11 is 0. The minimum absolute atomic E-state index is 0.0875. The van der Waals surface area contributed by atoms with Crippen LogP contribution >= 0.6 is 0 Å². The van der Waals surface area contributed by atoms with E-state index >= 15 is 0 Å². The molecule has 1 unspecified atom stereocenters. The van der Waals surface area contributed by atoms with Crippen LogP contribution < -0.4 is 10.6 Å². The maximum Gasteiger partial charge on any atom is 0.227 e. The van der Waals surface area contributed by atoms with Gasteiger partial charge in [-0.1, -0.05) is 19.1 Å². The van der Waals surface area contributed by atoms with Crippen LogP contribution in [0.15, 0.2) is 24.3 Å². The van der Waals surface area contributed by atoms with Gasteiger partial charge in [0.15, 0.2) is 0 Å². The predicted octanol–water partition coefficient (Wildman–Crippen LogP) is 2.16. The van der Waals surface area contributed by atoms with Crippen molar-refractivity contribution >= 4 is 11.6 Å². The Morgan fingerprint density at radius 2 is 2.12 bits per heavy atom. The summed E-state index contributed by atoms with van der Waals surface area (Å²) in [6.45, 7) is 4.65. The van der Waals surface area contributed by atoms with Gasteiger partial charge in [0.25, 0.3) is 0 Å². The van der Waals surface area contributed by atoms with Crippen molar-refractivity contribution in [3.8, 4) is 0 Å². The van der Waals surface area contributed by atoms with Crippen LogP contribution in [0.1, 0.15) is 20.3 Å². The van der Waals surface area contributed by atoms with Gasteiger partial charge in [-0.05, 0) is 31.5 Å². The van der Waals surface area contributed by atoms with Crippen molar-refractivity contribution in [3.63, 3.8) is 0 Å². The summed E-state index contributed by atoms with van der Waals surface area (Å²) in [5.74, 6) is -0.345. The molecule has 0 bridgehead atoms. The van der Waals surface area contributed by atoms with Crippen molar-refractivity contribution in [1.29, 1.82) is 0 Å². The number of hydrogen-bond acceptors (Lipinski definition) is 2. The third-order valence-corrected chi connectivity index (χ3v) is 2.69. The van der Waals surface area contributed by atoms with Gasteiger partial charge in [0, 0.05) is 13.0 Å². The molecule has 0 heterocycles. The van der Waals surface area contributed by atoms with Crippen molar-refractivity contribution in [2.24, 2.45) is 11.7 Å². The molecule has 0 fully saturated rings. The summed E-state index contributed by atoms with van der Waals surface area (Å²) in [6, 6.07) is 6.31. The molecule has 4 heteroatoms. The molecule has 1 aromatic carbocycles. The number of carbonyl (C=O) groups is 1. The molecule has 0 radical (unpaired) electrons. The summed E-state index contributed by atoms with van der Waals surface area (Å²) in [4.78, 5) is 13.5. The zero-order valence-corrected chi connectivity index (χ0v) is 10.3. The Kier molecular flexibility index (Phi) is 5.10. The van der Waals surface area contributed by atoms with Crippen LogP contribution in [0.5, 0.6) is 0 Å². The van der Waals surface area contributed by atoms with Gasteiger partial charge in [0.1, 0.15) is 5.82 Å². The van der Waals surface area contributed by atoms with Gasteiger partial charge in [-0.15, -0.1) is 0 Å². The Labute approximate surface area is 101 Å². The number of halogens is 1.